The van der Waals surface area contributed by atoms with Crippen LogP contribution in [0.3, 0.4) is 0 Å². The summed E-state index contributed by atoms with van der Waals surface area (Å²) in [6.45, 7) is 8.15. The van der Waals surface area contributed by atoms with E-state index >= 15 is 0 Å². The Morgan fingerprint density at radius 3 is 2.78 bits per heavy atom. The second-order valence-electron chi connectivity index (χ2n) is 7.42. The molecule has 0 unspecified atom stereocenters. The molecule has 1 saturated heterocycles. The van der Waals surface area contributed by atoms with Crippen molar-refractivity contribution in [3.05, 3.63) is 12.0 Å². The van der Waals surface area contributed by atoms with Crippen LogP contribution in [0.4, 0.5) is 10.6 Å². The number of amides is 1. The Hall–Kier alpha value is -2.05. The predicted molar refractivity (Wildman–Crippen MR) is 85.4 cm³/mol. The molecule has 1 aliphatic carbocycles. The van der Waals surface area contributed by atoms with Gasteiger partial charge in [-0.05, 0) is 46.5 Å². The highest BCUT2D eigenvalue weighted by Crippen LogP contribution is 2.42. The van der Waals surface area contributed by atoms with E-state index in [1.165, 1.54) is 6.20 Å². The fourth-order valence-electron chi connectivity index (χ4n) is 3.51. The van der Waals surface area contributed by atoms with Gasteiger partial charge in [-0.15, -0.1) is 0 Å². The van der Waals surface area contributed by atoms with Gasteiger partial charge in [0.25, 0.3) is 0 Å². The van der Waals surface area contributed by atoms with Gasteiger partial charge in [0.15, 0.2) is 11.6 Å². The molecule has 2 heterocycles. The van der Waals surface area contributed by atoms with Crippen LogP contribution in [0.2, 0.25) is 0 Å². The van der Waals surface area contributed by atoms with E-state index in [2.05, 4.69) is 20.2 Å². The van der Waals surface area contributed by atoms with E-state index in [4.69, 9.17) is 4.74 Å². The van der Waals surface area contributed by atoms with Crippen LogP contribution < -0.4 is 10.2 Å². The average Bonchev–Trinajstić information content (AvgIpc) is 2.99. The van der Waals surface area contributed by atoms with E-state index < -0.39 is 5.60 Å². The maximum atomic E-state index is 11.9. The van der Waals surface area contributed by atoms with E-state index in [0.29, 0.717) is 17.6 Å². The first-order chi connectivity index (χ1) is 10.7. The number of piperidine rings is 1. The molecule has 0 aromatic carbocycles. The van der Waals surface area contributed by atoms with Crippen LogP contribution >= 0.6 is 0 Å². The van der Waals surface area contributed by atoms with Crippen LogP contribution in [0.15, 0.2) is 6.20 Å². The Labute approximate surface area is 136 Å². The Morgan fingerprint density at radius 2 is 2.17 bits per heavy atom. The van der Waals surface area contributed by atoms with Crippen molar-refractivity contribution in [3.63, 3.8) is 0 Å². The molecule has 1 aliphatic heterocycles. The maximum absolute atomic E-state index is 11.9. The van der Waals surface area contributed by atoms with Crippen LogP contribution in [-0.4, -0.2) is 45.4 Å². The highest BCUT2D eigenvalue weighted by Gasteiger charge is 2.46. The van der Waals surface area contributed by atoms with Gasteiger partial charge in [-0.2, -0.15) is 0 Å². The second kappa shape index (κ2) is 5.54. The maximum Gasteiger partial charge on any atom is 0.407 e. The Balaban J connectivity index is 1.63. The summed E-state index contributed by atoms with van der Waals surface area (Å²) in [6.07, 6.45) is 2.91. The van der Waals surface area contributed by atoms with E-state index in [0.717, 1.165) is 19.4 Å². The number of hydrogen-bond donors (Lipinski definition) is 2. The molecule has 3 rings (SSSR count). The summed E-state index contributed by atoms with van der Waals surface area (Å²) in [5, 5.41) is 13.0. The average molecular weight is 320 g/mol. The summed E-state index contributed by atoms with van der Waals surface area (Å²) in [5.41, 5.74) is -0.488. The molecule has 2 bridgehead atoms. The largest absolute Gasteiger partial charge is 0.503 e. The standard InChI is InChI=1S/C16H24N4O3/c1-9-17-7-13(21)14(18-9)20-8-10-5-11(20)6-12(10)19-15(22)23-16(2,3)4/h7,10-12,21H,5-6,8H2,1-4H3,(H,19,22)/t10-,11-,12-/m1/s1. The van der Waals surface area contributed by atoms with Crippen molar-refractivity contribution in [2.45, 2.75) is 58.2 Å². The number of nitrogens with zero attached hydrogens (tertiary/aromatic N) is 3. The number of rotatable bonds is 2. The first-order valence-corrected chi connectivity index (χ1v) is 8.01. The van der Waals surface area contributed by atoms with Gasteiger partial charge in [-0.25, -0.2) is 14.8 Å². The van der Waals surface area contributed by atoms with Gasteiger partial charge in [0.1, 0.15) is 11.4 Å². The van der Waals surface area contributed by atoms with Crippen LogP contribution in [0.5, 0.6) is 5.75 Å². The lowest BCUT2D eigenvalue weighted by Gasteiger charge is -2.33. The van der Waals surface area contributed by atoms with E-state index in [1.807, 2.05) is 27.7 Å². The molecule has 3 atom stereocenters. The Morgan fingerprint density at radius 1 is 1.43 bits per heavy atom. The van der Waals surface area contributed by atoms with Gasteiger partial charge in [0.05, 0.1) is 6.20 Å². The number of carbonyl (C=O) groups excluding carboxylic acids is 1. The Kier molecular flexibility index (Phi) is 3.82. The number of aromatic hydroxyl groups is 1. The van der Waals surface area contributed by atoms with Crippen LogP contribution in [-0.2, 0) is 4.74 Å². The van der Waals surface area contributed by atoms with Crippen LogP contribution in [0.25, 0.3) is 0 Å². The molecule has 126 valence electrons. The van der Waals surface area contributed by atoms with Crippen LogP contribution in [0.1, 0.15) is 39.4 Å². The monoisotopic (exact) mass is 320 g/mol. The second-order valence-corrected chi connectivity index (χ2v) is 7.42. The molecule has 0 radical (unpaired) electrons. The third-order valence-electron chi connectivity index (χ3n) is 4.39. The zero-order chi connectivity index (χ0) is 16.8. The lowest BCUT2D eigenvalue weighted by atomic mass is 10.0. The molecule has 2 N–H and O–H groups in total. The van der Waals surface area contributed by atoms with Crippen molar-refractivity contribution >= 4 is 11.9 Å². The van der Waals surface area contributed by atoms with Crippen molar-refractivity contribution in [1.82, 2.24) is 15.3 Å². The molecule has 1 amide bonds. The number of anilines is 1. The van der Waals surface area contributed by atoms with E-state index in [1.54, 1.807) is 0 Å². The summed E-state index contributed by atoms with van der Waals surface area (Å²) in [4.78, 5) is 22.4. The molecule has 1 aromatic rings. The first kappa shape index (κ1) is 15.8. The quantitative estimate of drug-likeness (QED) is 0.866. The SMILES string of the molecule is Cc1ncc(O)c(N2C[C@H]3C[C@@H]2C[C@H]3NC(=O)OC(C)(C)C)n1. The number of hydrogen-bond acceptors (Lipinski definition) is 6. The van der Waals surface area contributed by atoms with Crippen molar-refractivity contribution < 1.29 is 14.6 Å². The minimum Gasteiger partial charge on any atom is -0.503 e. The van der Waals surface area contributed by atoms with Gasteiger partial charge >= 0.3 is 6.09 Å². The smallest absolute Gasteiger partial charge is 0.407 e. The van der Waals surface area contributed by atoms with Gasteiger partial charge < -0.3 is 20.1 Å². The molecular formula is C16H24N4O3. The van der Waals surface area contributed by atoms with Gasteiger partial charge in [0.2, 0.25) is 0 Å². The van der Waals surface area contributed by atoms with Crippen molar-refractivity contribution in [1.29, 1.82) is 0 Å². The minimum absolute atomic E-state index is 0.111. The van der Waals surface area contributed by atoms with Crippen LogP contribution in [0, 0.1) is 12.8 Å². The molecule has 0 spiro atoms. The fraction of sp³-hybridized carbons (Fsp3) is 0.688. The van der Waals surface area contributed by atoms with Crippen molar-refractivity contribution in [3.8, 4) is 5.75 Å². The number of nitrogens with one attached hydrogen (secondary N) is 1. The lowest BCUT2D eigenvalue weighted by molar-refractivity contribution is 0.0491. The molecule has 7 nitrogen and oxygen atoms in total. The number of fused-ring (bicyclic) bond motifs is 2. The summed E-state index contributed by atoms with van der Waals surface area (Å²) in [6, 6.07) is 0.399. The van der Waals surface area contributed by atoms with E-state index in [9.17, 15) is 9.90 Å². The zero-order valence-corrected chi connectivity index (χ0v) is 14.0. The number of aryl methyl sites for hydroxylation is 1. The third-order valence-corrected chi connectivity index (χ3v) is 4.39. The molecule has 1 saturated carbocycles. The van der Waals surface area contributed by atoms with Gasteiger partial charge in [-0.3, -0.25) is 0 Å². The van der Waals surface area contributed by atoms with Gasteiger partial charge in [0, 0.05) is 18.6 Å². The summed E-state index contributed by atoms with van der Waals surface area (Å²) >= 11 is 0. The Bertz CT molecular complexity index is 614. The molecule has 1 aromatic heterocycles. The first-order valence-electron chi connectivity index (χ1n) is 8.01. The molecular weight excluding hydrogens is 296 g/mol. The molecule has 2 fully saturated rings. The molecule has 23 heavy (non-hydrogen) atoms. The lowest BCUT2D eigenvalue weighted by Crippen LogP contribution is -2.47. The third kappa shape index (κ3) is 3.33. The fourth-order valence-corrected chi connectivity index (χ4v) is 3.51. The number of carbonyl (C=O) groups is 1. The zero-order valence-electron chi connectivity index (χ0n) is 14.0. The number of ether oxygens (including phenoxy) is 1. The summed E-state index contributed by atoms with van der Waals surface area (Å²) < 4.78 is 5.33. The summed E-state index contributed by atoms with van der Waals surface area (Å²) in [7, 11) is 0. The summed E-state index contributed by atoms with van der Waals surface area (Å²) in [5.74, 6) is 1.70. The minimum atomic E-state index is -0.488. The predicted octanol–water partition coefficient (Wildman–Crippen LogP) is 1.98. The molecule has 2 aliphatic rings. The molecule has 7 heteroatoms. The normalized spacial score (nSPS) is 26.4. The highest BCUT2D eigenvalue weighted by atomic mass is 16.6. The number of alkyl carbamates (subject to hydrolysis) is 1. The highest BCUT2D eigenvalue weighted by molar-refractivity contribution is 5.68. The van der Waals surface area contributed by atoms with Crippen molar-refractivity contribution in [2.24, 2.45) is 5.92 Å². The van der Waals surface area contributed by atoms with Gasteiger partial charge in [-0.1, -0.05) is 0 Å². The van der Waals surface area contributed by atoms with E-state index in [-0.39, 0.29) is 23.9 Å². The topological polar surface area (TPSA) is 87.6 Å². The van der Waals surface area contributed by atoms with Crippen molar-refractivity contribution in [2.75, 3.05) is 11.4 Å². The number of aromatic nitrogens is 2.